The molecule has 0 unspecified atom stereocenters. The van der Waals surface area contributed by atoms with Crippen LogP contribution in [-0.4, -0.2) is 31.7 Å². The molecule has 0 aromatic carbocycles. The molecule has 0 spiro atoms. The summed E-state index contributed by atoms with van der Waals surface area (Å²) in [6.07, 6.45) is 0. The molecule has 8 nitrogen and oxygen atoms in total. The van der Waals surface area contributed by atoms with Gasteiger partial charge in [-0.15, -0.1) is 21.5 Å². The molecular formula is C12H12N6O2S2. The molecule has 114 valence electrons. The Labute approximate surface area is 133 Å². The normalized spacial score (nSPS) is 10.8. The van der Waals surface area contributed by atoms with E-state index in [1.807, 2.05) is 17.5 Å². The lowest BCUT2D eigenvalue weighted by molar-refractivity contribution is -0.113. The third-order valence-electron chi connectivity index (χ3n) is 2.63. The molecule has 0 atom stereocenters. The van der Waals surface area contributed by atoms with Crippen LogP contribution in [0.25, 0.3) is 10.7 Å². The average Bonchev–Trinajstić information content (AvgIpc) is 3.19. The van der Waals surface area contributed by atoms with Gasteiger partial charge in [0, 0.05) is 6.07 Å². The maximum Gasteiger partial charge on any atom is 0.237 e. The lowest BCUT2D eigenvalue weighted by Gasteiger charge is -2.02. The molecule has 3 N–H and O–H groups in total. The molecule has 3 rings (SSSR count). The van der Waals surface area contributed by atoms with Crippen LogP contribution in [-0.2, 0) is 4.79 Å². The molecular weight excluding hydrogens is 324 g/mol. The molecule has 0 aliphatic heterocycles. The van der Waals surface area contributed by atoms with Crippen LogP contribution >= 0.6 is 23.1 Å². The number of hydrogen-bond donors (Lipinski definition) is 2. The second kappa shape index (κ2) is 6.20. The van der Waals surface area contributed by atoms with Crippen molar-refractivity contribution in [2.24, 2.45) is 0 Å². The van der Waals surface area contributed by atoms with Crippen molar-refractivity contribution in [3.8, 4) is 10.7 Å². The van der Waals surface area contributed by atoms with Gasteiger partial charge in [0.05, 0.1) is 16.3 Å². The van der Waals surface area contributed by atoms with E-state index in [1.54, 1.807) is 13.0 Å². The minimum atomic E-state index is -0.234. The van der Waals surface area contributed by atoms with Crippen molar-refractivity contribution in [2.75, 3.05) is 16.9 Å². The van der Waals surface area contributed by atoms with E-state index in [9.17, 15) is 4.79 Å². The van der Waals surface area contributed by atoms with Crippen LogP contribution in [0.1, 0.15) is 5.69 Å². The summed E-state index contributed by atoms with van der Waals surface area (Å²) in [5.74, 6) is 6.75. The summed E-state index contributed by atoms with van der Waals surface area (Å²) in [5.41, 5.74) is 0.699. The number of rotatable bonds is 5. The van der Waals surface area contributed by atoms with E-state index in [0.29, 0.717) is 22.6 Å². The van der Waals surface area contributed by atoms with Crippen LogP contribution in [0.3, 0.4) is 0 Å². The maximum atomic E-state index is 11.8. The quantitative estimate of drug-likeness (QED) is 0.539. The van der Waals surface area contributed by atoms with Gasteiger partial charge in [0.25, 0.3) is 0 Å². The fraction of sp³-hybridized carbons (Fsp3) is 0.167. The van der Waals surface area contributed by atoms with E-state index in [0.717, 1.165) is 4.88 Å². The molecule has 0 bridgehead atoms. The number of nitrogen functional groups attached to an aromatic ring is 1. The number of carbonyl (C=O) groups is 1. The number of thioether (sulfide) groups is 1. The van der Waals surface area contributed by atoms with E-state index >= 15 is 0 Å². The first kappa shape index (κ1) is 14.6. The first-order chi connectivity index (χ1) is 10.6. The molecule has 0 saturated heterocycles. The summed E-state index contributed by atoms with van der Waals surface area (Å²) >= 11 is 2.71. The van der Waals surface area contributed by atoms with Gasteiger partial charge < -0.3 is 10.4 Å². The van der Waals surface area contributed by atoms with E-state index in [1.165, 1.54) is 27.8 Å². The zero-order chi connectivity index (χ0) is 15.5. The molecule has 10 heteroatoms. The third kappa shape index (κ3) is 3.12. The van der Waals surface area contributed by atoms with Crippen LogP contribution in [0.2, 0.25) is 0 Å². The Kier molecular flexibility index (Phi) is 4.11. The highest BCUT2D eigenvalue weighted by molar-refractivity contribution is 7.99. The number of thiophene rings is 1. The van der Waals surface area contributed by atoms with Gasteiger partial charge in [-0.25, -0.2) is 4.68 Å². The number of hydrogen-bond acceptors (Lipinski definition) is 8. The van der Waals surface area contributed by atoms with Crippen LogP contribution in [0.4, 0.5) is 5.88 Å². The zero-order valence-electron chi connectivity index (χ0n) is 11.5. The minimum Gasteiger partial charge on any atom is -0.338 e. The number of carbonyl (C=O) groups excluding carboxylic acids is 1. The van der Waals surface area contributed by atoms with Crippen molar-refractivity contribution >= 4 is 34.9 Å². The summed E-state index contributed by atoms with van der Waals surface area (Å²) in [5, 5.41) is 16.7. The minimum absolute atomic E-state index is 0.138. The van der Waals surface area contributed by atoms with Crippen LogP contribution in [0.5, 0.6) is 0 Å². The average molecular weight is 336 g/mol. The molecule has 3 aromatic heterocycles. The van der Waals surface area contributed by atoms with Gasteiger partial charge in [-0.1, -0.05) is 23.0 Å². The number of aryl methyl sites for hydroxylation is 1. The highest BCUT2D eigenvalue weighted by Crippen LogP contribution is 2.25. The highest BCUT2D eigenvalue weighted by Gasteiger charge is 2.15. The number of anilines is 1. The van der Waals surface area contributed by atoms with Gasteiger partial charge >= 0.3 is 0 Å². The van der Waals surface area contributed by atoms with E-state index in [4.69, 9.17) is 10.4 Å². The van der Waals surface area contributed by atoms with Gasteiger partial charge in [0.2, 0.25) is 16.9 Å². The first-order valence-electron chi connectivity index (χ1n) is 6.24. The molecule has 0 saturated carbocycles. The van der Waals surface area contributed by atoms with Gasteiger partial charge in [0.1, 0.15) is 0 Å². The highest BCUT2D eigenvalue weighted by atomic mass is 32.2. The second-order valence-corrected chi connectivity index (χ2v) is 6.21. The summed E-state index contributed by atoms with van der Waals surface area (Å²) in [6, 6.07) is 5.46. The monoisotopic (exact) mass is 336 g/mol. The number of amides is 1. The Morgan fingerprint density at radius 1 is 1.55 bits per heavy atom. The third-order valence-corrected chi connectivity index (χ3v) is 4.44. The number of nitrogens with zero attached hydrogens (tertiary/aromatic N) is 4. The molecule has 3 heterocycles. The van der Waals surface area contributed by atoms with Gasteiger partial charge in [0.15, 0.2) is 5.82 Å². The zero-order valence-corrected chi connectivity index (χ0v) is 13.1. The van der Waals surface area contributed by atoms with Crippen molar-refractivity contribution in [2.45, 2.75) is 12.1 Å². The van der Waals surface area contributed by atoms with E-state index in [2.05, 4.69) is 20.7 Å². The molecule has 0 aliphatic rings. The standard InChI is InChI=1S/C12H12N6O2S2/c1-7-5-10(20-17-7)14-9(19)6-22-12-16-15-11(18(12)13)8-3-2-4-21-8/h2-5H,6,13H2,1H3,(H,14,19). The Hall–Kier alpha value is -2.33. The second-order valence-electron chi connectivity index (χ2n) is 4.32. The summed E-state index contributed by atoms with van der Waals surface area (Å²) < 4.78 is 6.29. The molecule has 0 aliphatic carbocycles. The summed E-state index contributed by atoms with van der Waals surface area (Å²) in [6.45, 7) is 1.77. The SMILES string of the molecule is Cc1cc(NC(=O)CSc2nnc(-c3cccs3)n2N)on1. The van der Waals surface area contributed by atoms with Crippen molar-refractivity contribution in [1.29, 1.82) is 0 Å². The fourth-order valence-corrected chi connectivity index (χ4v) is 3.04. The Morgan fingerprint density at radius 2 is 2.41 bits per heavy atom. The maximum absolute atomic E-state index is 11.8. The predicted molar refractivity (Wildman–Crippen MR) is 84.1 cm³/mol. The summed E-state index contributed by atoms with van der Waals surface area (Å²) in [4.78, 5) is 12.7. The van der Waals surface area contributed by atoms with E-state index in [-0.39, 0.29) is 11.7 Å². The van der Waals surface area contributed by atoms with Crippen molar-refractivity contribution in [3.05, 3.63) is 29.3 Å². The van der Waals surface area contributed by atoms with Crippen LogP contribution in [0, 0.1) is 6.92 Å². The lowest BCUT2D eigenvalue weighted by Crippen LogP contribution is -2.16. The van der Waals surface area contributed by atoms with Crippen molar-refractivity contribution in [3.63, 3.8) is 0 Å². The molecule has 1 amide bonds. The Bertz CT molecular complexity index is 780. The molecule has 0 fully saturated rings. The van der Waals surface area contributed by atoms with Gasteiger partial charge in [-0.3, -0.25) is 10.1 Å². The number of nitrogens with one attached hydrogen (secondary N) is 1. The predicted octanol–water partition coefficient (Wildman–Crippen LogP) is 1.75. The van der Waals surface area contributed by atoms with E-state index < -0.39 is 0 Å². The number of aromatic nitrogens is 4. The molecule has 3 aromatic rings. The first-order valence-corrected chi connectivity index (χ1v) is 8.10. The summed E-state index contributed by atoms with van der Waals surface area (Å²) in [7, 11) is 0. The fourth-order valence-electron chi connectivity index (χ4n) is 1.68. The Balaban J connectivity index is 1.61. The lowest BCUT2D eigenvalue weighted by atomic mass is 10.4. The smallest absolute Gasteiger partial charge is 0.237 e. The van der Waals surface area contributed by atoms with Crippen molar-refractivity contribution in [1.82, 2.24) is 20.0 Å². The van der Waals surface area contributed by atoms with Crippen LogP contribution < -0.4 is 11.2 Å². The largest absolute Gasteiger partial charge is 0.338 e. The van der Waals surface area contributed by atoms with Gasteiger partial charge in [-0.05, 0) is 18.4 Å². The van der Waals surface area contributed by atoms with Crippen LogP contribution in [0.15, 0.2) is 33.3 Å². The topological polar surface area (TPSA) is 112 Å². The van der Waals surface area contributed by atoms with Crippen molar-refractivity contribution < 1.29 is 9.32 Å². The number of nitrogens with two attached hydrogens (primary N) is 1. The molecule has 22 heavy (non-hydrogen) atoms. The van der Waals surface area contributed by atoms with Gasteiger partial charge in [-0.2, -0.15) is 0 Å². The Morgan fingerprint density at radius 3 is 3.09 bits per heavy atom. The molecule has 0 radical (unpaired) electrons.